The summed E-state index contributed by atoms with van der Waals surface area (Å²) >= 11 is 1.86. The minimum absolute atomic E-state index is 0.911. The molecule has 0 unspecified atom stereocenters. The number of nitrogens with zero attached hydrogens (tertiary/aromatic N) is 3. The van der Waals surface area contributed by atoms with Crippen LogP contribution in [0.1, 0.15) is 0 Å². The number of benzene rings is 6. The Balaban J connectivity index is 1.31. The van der Waals surface area contributed by atoms with Gasteiger partial charge >= 0.3 is 0 Å². The smallest absolute Gasteiger partial charge is 0.165 e. The molecular formula is C38H19N3OS. The van der Waals surface area contributed by atoms with E-state index in [9.17, 15) is 0 Å². The van der Waals surface area contributed by atoms with E-state index in [0.717, 1.165) is 55.0 Å². The highest BCUT2D eigenvalue weighted by atomic mass is 32.1. The fraction of sp³-hybridized carbons (Fsp3) is 0. The van der Waals surface area contributed by atoms with Crippen LogP contribution in [0, 0.1) is 0 Å². The highest BCUT2D eigenvalue weighted by Gasteiger charge is 2.24. The molecule has 43 heavy (non-hydrogen) atoms. The first-order valence-corrected chi connectivity index (χ1v) is 15.2. The van der Waals surface area contributed by atoms with E-state index in [1.165, 1.54) is 47.6 Å². The Labute approximate surface area is 247 Å². The molecule has 11 rings (SSSR count). The minimum atomic E-state index is 0.911. The Bertz CT molecular complexity index is 2960. The second kappa shape index (κ2) is 7.65. The topological polar surface area (TPSA) is 43.3 Å². The molecule has 5 aromatic heterocycles. The van der Waals surface area contributed by atoms with Gasteiger partial charge < -0.3 is 4.42 Å². The zero-order valence-corrected chi connectivity index (χ0v) is 23.4. The number of aromatic nitrogens is 3. The first-order valence-electron chi connectivity index (χ1n) is 14.4. The predicted octanol–water partition coefficient (Wildman–Crippen LogP) is 10.7. The van der Waals surface area contributed by atoms with Crippen molar-refractivity contribution in [3.8, 4) is 11.1 Å². The molecule has 0 saturated carbocycles. The monoisotopic (exact) mass is 565 g/mol. The van der Waals surface area contributed by atoms with Crippen molar-refractivity contribution in [2.45, 2.75) is 0 Å². The predicted molar refractivity (Wildman–Crippen MR) is 180 cm³/mol. The van der Waals surface area contributed by atoms with Crippen LogP contribution in [0.25, 0.3) is 103 Å². The maximum atomic E-state index is 6.12. The van der Waals surface area contributed by atoms with E-state index in [-0.39, 0.29) is 0 Å². The number of hydrogen-bond acceptors (Lipinski definition) is 4. The van der Waals surface area contributed by atoms with Crippen molar-refractivity contribution in [2.24, 2.45) is 0 Å². The van der Waals surface area contributed by atoms with Gasteiger partial charge in [-0.15, -0.1) is 11.3 Å². The van der Waals surface area contributed by atoms with E-state index >= 15 is 0 Å². The van der Waals surface area contributed by atoms with Gasteiger partial charge in [0, 0.05) is 47.1 Å². The van der Waals surface area contributed by atoms with Crippen molar-refractivity contribution >= 4 is 103 Å². The number of fused-ring (bicyclic) bond motifs is 14. The highest BCUT2D eigenvalue weighted by molar-refractivity contribution is 7.26. The standard InChI is InChI=1S/C38H19N3OS/c1-5-11-30-22(7-1)24-17-21(14-16-31(24)42-30)20-13-15-29-25(18-20)35-34-23-8-2-6-12-32(23)43-33(34)19-26-36-38(41(29)37(26)35)40-28-10-4-3-9-27(28)39-36/h1-19H. The molecule has 11 aromatic rings. The lowest BCUT2D eigenvalue weighted by Gasteiger charge is -2.05. The molecule has 5 heteroatoms. The Hall–Kier alpha value is -5.52. The molecule has 198 valence electrons. The van der Waals surface area contributed by atoms with Crippen LogP contribution in [0.2, 0.25) is 0 Å². The first-order chi connectivity index (χ1) is 21.3. The van der Waals surface area contributed by atoms with Crippen LogP contribution in [-0.2, 0) is 0 Å². The number of para-hydroxylation sites is 3. The van der Waals surface area contributed by atoms with Gasteiger partial charge in [-0.05, 0) is 65.7 Å². The fourth-order valence-corrected chi connectivity index (χ4v) is 8.39. The third-order valence-corrected chi connectivity index (χ3v) is 10.2. The summed E-state index contributed by atoms with van der Waals surface area (Å²) in [7, 11) is 0. The summed E-state index contributed by atoms with van der Waals surface area (Å²) in [5, 5.41) is 8.57. The van der Waals surface area contributed by atoms with Gasteiger partial charge in [0.2, 0.25) is 0 Å². The second-order valence-corrected chi connectivity index (χ2v) is 12.5. The molecule has 0 atom stereocenters. The molecule has 0 bridgehead atoms. The van der Waals surface area contributed by atoms with E-state index in [1.54, 1.807) is 0 Å². The quantitative estimate of drug-likeness (QED) is 0.199. The van der Waals surface area contributed by atoms with Gasteiger partial charge in [-0.1, -0.05) is 60.7 Å². The maximum absolute atomic E-state index is 6.12. The molecular weight excluding hydrogens is 547 g/mol. The van der Waals surface area contributed by atoms with Gasteiger partial charge in [-0.25, -0.2) is 9.97 Å². The van der Waals surface area contributed by atoms with Crippen molar-refractivity contribution in [3.05, 3.63) is 115 Å². The SMILES string of the molecule is c1ccc2nc3c(nc2c1)c1cc2sc4ccccc4c2c2c4cc(-c5ccc6oc7ccccc7c6c5)ccc4n3c12. The lowest BCUT2D eigenvalue weighted by Crippen LogP contribution is -1.89. The molecule has 4 nitrogen and oxygen atoms in total. The highest BCUT2D eigenvalue weighted by Crippen LogP contribution is 2.47. The van der Waals surface area contributed by atoms with Crippen LogP contribution in [0.15, 0.2) is 120 Å². The summed E-state index contributed by atoms with van der Waals surface area (Å²) in [6.07, 6.45) is 0. The van der Waals surface area contributed by atoms with Gasteiger partial charge in [-0.2, -0.15) is 0 Å². The lowest BCUT2D eigenvalue weighted by atomic mass is 9.98. The Morgan fingerprint density at radius 1 is 0.535 bits per heavy atom. The zero-order valence-electron chi connectivity index (χ0n) is 22.6. The molecule has 0 spiro atoms. The van der Waals surface area contributed by atoms with E-state index in [1.807, 2.05) is 41.7 Å². The summed E-state index contributed by atoms with van der Waals surface area (Å²) in [4.78, 5) is 10.3. The first kappa shape index (κ1) is 22.1. The average molecular weight is 566 g/mol. The minimum Gasteiger partial charge on any atom is -0.456 e. The Morgan fingerprint density at radius 3 is 2.16 bits per heavy atom. The van der Waals surface area contributed by atoms with Crippen LogP contribution in [-0.4, -0.2) is 14.4 Å². The van der Waals surface area contributed by atoms with Crippen molar-refractivity contribution in [1.29, 1.82) is 0 Å². The third-order valence-electron chi connectivity index (χ3n) is 9.10. The molecule has 0 amide bonds. The van der Waals surface area contributed by atoms with E-state index in [0.29, 0.717) is 0 Å². The molecule has 0 aliphatic rings. The number of hydrogen-bond donors (Lipinski definition) is 0. The lowest BCUT2D eigenvalue weighted by molar-refractivity contribution is 0.669. The number of thiophene rings is 1. The summed E-state index contributed by atoms with van der Waals surface area (Å²) in [5.74, 6) is 0. The van der Waals surface area contributed by atoms with E-state index in [4.69, 9.17) is 14.4 Å². The van der Waals surface area contributed by atoms with Crippen molar-refractivity contribution in [1.82, 2.24) is 14.4 Å². The largest absolute Gasteiger partial charge is 0.456 e. The number of furan rings is 1. The second-order valence-electron chi connectivity index (χ2n) is 11.4. The summed E-state index contributed by atoms with van der Waals surface area (Å²) in [5.41, 5.74) is 10.2. The molecule has 6 aromatic carbocycles. The molecule has 0 saturated heterocycles. The molecule has 5 heterocycles. The summed E-state index contributed by atoms with van der Waals surface area (Å²) in [6, 6.07) is 40.9. The summed E-state index contributed by atoms with van der Waals surface area (Å²) in [6.45, 7) is 0. The Kier molecular flexibility index (Phi) is 3.94. The van der Waals surface area contributed by atoms with Gasteiger partial charge in [-0.3, -0.25) is 4.40 Å². The van der Waals surface area contributed by atoms with Crippen molar-refractivity contribution in [3.63, 3.8) is 0 Å². The zero-order chi connectivity index (χ0) is 27.8. The van der Waals surface area contributed by atoms with E-state index < -0.39 is 0 Å². The van der Waals surface area contributed by atoms with Gasteiger partial charge in [0.05, 0.1) is 22.1 Å². The van der Waals surface area contributed by atoms with Crippen molar-refractivity contribution in [2.75, 3.05) is 0 Å². The fourth-order valence-electron chi connectivity index (χ4n) is 7.24. The molecule has 0 radical (unpaired) electrons. The van der Waals surface area contributed by atoms with Gasteiger partial charge in [0.25, 0.3) is 0 Å². The van der Waals surface area contributed by atoms with Gasteiger partial charge in [0.1, 0.15) is 16.7 Å². The third kappa shape index (κ3) is 2.75. The summed E-state index contributed by atoms with van der Waals surface area (Å²) < 4.78 is 11.1. The van der Waals surface area contributed by atoms with Crippen LogP contribution in [0.3, 0.4) is 0 Å². The molecule has 0 N–H and O–H groups in total. The van der Waals surface area contributed by atoms with Gasteiger partial charge in [0.15, 0.2) is 5.65 Å². The maximum Gasteiger partial charge on any atom is 0.165 e. The van der Waals surface area contributed by atoms with Crippen LogP contribution in [0.4, 0.5) is 0 Å². The van der Waals surface area contributed by atoms with Crippen LogP contribution in [0.5, 0.6) is 0 Å². The molecule has 0 fully saturated rings. The van der Waals surface area contributed by atoms with Crippen LogP contribution < -0.4 is 0 Å². The van der Waals surface area contributed by atoms with Crippen LogP contribution >= 0.6 is 11.3 Å². The van der Waals surface area contributed by atoms with E-state index in [2.05, 4.69) is 89.3 Å². The number of rotatable bonds is 1. The molecule has 0 aliphatic heterocycles. The Morgan fingerprint density at radius 2 is 1.26 bits per heavy atom. The van der Waals surface area contributed by atoms with Crippen molar-refractivity contribution < 1.29 is 4.42 Å². The normalized spacial score (nSPS) is 12.7. The average Bonchev–Trinajstić information content (AvgIpc) is 3.79. The molecule has 0 aliphatic carbocycles.